The minimum Gasteiger partial charge on any atom is -0.380 e. The Morgan fingerprint density at radius 1 is 1.28 bits per heavy atom. The quantitative estimate of drug-likeness (QED) is 0.758. The second-order valence-electron chi connectivity index (χ2n) is 4.28. The third-order valence-electron chi connectivity index (χ3n) is 2.99. The van der Waals surface area contributed by atoms with Gasteiger partial charge >= 0.3 is 0 Å². The first kappa shape index (κ1) is 12.8. The lowest BCUT2D eigenvalue weighted by Gasteiger charge is -2.20. The van der Waals surface area contributed by atoms with Gasteiger partial charge in [0.2, 0.25) is 0 Å². The van der Waals surface area contributed by atoms with Gasteiger partial charge in [0.25, 0.3) is 0 Å². The fraction of sp³-hybridized carbons (Fsp3) is 0.429. The molecule has 0 saturated heterocycles. The van der Waals surface area contributed by atoms with Crippen LogP contribution in [0.3, 0.4) is 0 Å². The number of benzene rings is 1. The van der Waals surface area contributed by atoms with Crippen molar-refractivity contribution in [3.8, 4) is 0 Å². The van der Waals surface area contributed by atoms with Gasteiger partial charge in [-0.3, -0.25) is 0 Å². The topological polar surface area (TPSA) is 38.2 Å². The number of nitrogens with zero attached hydrogens (tertiary/aromatic N) is 3. The summed E-state index contributed by atoms with van der Waals surface area (Å²) in [5, 5.41) is 1.12. The standard InChI is InChI=1S/C14H19N3O/c1-4-18-9-8-17(3)14-13-11(2)6-5-7-12(13)15-10-16-14/h5-7,10H,4,8-9H2,1-3H3. The van der Waals surface area contributed by atoms with Gasteiger partial charge in [-0.15, -0.1) is 0 Å². The predicted molar refractivity (Wildman–Crippen MR) is 74.0 cm³/mol. The van der Waals surface area contributed by atoms with E-state index < -0.39 is 0 Å². The summed E-state index contributed by atoms with van der Waals surface area (Å²) in [5.74, 6) is 0.970. The third kappa shape index (κ3) is 2.59. The number of ether oxygens (including phenoxy) is 1. The largest absolute Gasteiger partial charge is 0.380 e. The van der Waals surface area contributed by atoms with Crippen molar-refractivity contribution in [2.75, 3.05) is 31.7 Å². The predicted octanol–water partition coefficient (Wildman–Crippen LogP) is 2.41. The van der Waals surface area contributed by atoms with Crippen LogP contribution in [-0.2, 0) is 4.74 Å². The first-order valence-corrected chi connectivity index (χ1v) is 6.23. The van der Waals surface area contributed by atoms with Crippen molar-refractivity contribution in [3.05, 3.63) is 30.1 Å². The van der Waals surface area contributed by atoms with Crippen molar-refractivity contribution in [1.29, 1.82) is 0 Å². The van der Waals surface area contributed by atoms with Crippen LogP contribution in [0, 0.1) is 6.92 Å². The molecule has 18 heavy (non-hydrogen) atoms. The van der Waals surface area contributed by atoms with Crippen molar-refractivity contribution in [2.45, 2.75) is 13.8 Å². The zero-order chi connectivity index (χ0) is 13.0. The molecule has 0 atom stereocenters. The van der Waals surface area contributed by atoms with E-state index in [0.717, 1.165) is 29.9 Å². The maximum absolute atomic E-state index is 5.38. The molecule has 0 spiro atoms. The number of hydrogen-bond donors (Lipinski definition) is 0. The summed E-state index contributed by atoms with van der Waals surface area (Å²) in [6.45, 7) is 6.38. The normalized spacial score (nSPS) is 10.8. The Morgan fingerprint density at radius 3 is 2.89 bits per heavy atom. The Hall–Kier alpha value is -1.68. The summed E-state index contributed by atoms with van der Waals surface area (Å²) in [5.41, 5.74) is 2.19. The van der Waals surface area contributed by atoms with Gasteiger partial charge in [0.15, 0.2) is 0 Å². The van der Waals surface area contributed by atoms with Crippen molar-refractivity contribution >= 4 is 16.7 Å². The Labute approximate surface area is 108 Å². The average Bonchev–Trinajstić information content (AvgIpc) is 2.38. The van der Waals surface area contributed by atoms with Crippen molar-refractivity contribution < 1.29 is 4.74 Å². The molecule has 96 valence electrons. The summed E-state index contributed by atoms with van der Waals surface area (Å²) < 4.78 is 5.38. The molecule has 0 radical (unpaired) electrons. The number of hydrogen-bond acceptors (Lipinski definition) is 4. The molecular formula is C14H19N3O. The molecule has 4 nitrogen and oxygen atoms in total. The van der Waals surface area contributed by atoms with Crippen molar-refractivity contribution in [2.24, 2.45) is 0 Å². The van der Waals surface area contributed by atoms with Gasteiger partial charge in [-0.1, -0.05) is 12.1 Å². The molecule has 0 aliphatic heterocycles. The molecule has 0 amide bonds. The number of rotatable bonds is 5. The SMILES string of the molecule is CCOCCN(C)c1ncnc2cccc(C)c12. The van der Waals surface area contributed by atoms with Gasteiger partial charge in [-0.2, -0.15) is 0 Å². The molecule has 0 bridgehead atoms. The van der Waals surface area contributed by atoms with E-state index in [2.05, 4.69) is 27.9 Å². The van der Waals surface area contributed by atoms with Crippen LogP contribution >= 0.6 is 0 Å². The number of anilines is 1. The summed E-state index contributed by atoms with van der Waals surface area (Å²) in [6, 6.07) is 6.13. The van der Waals surface area contributed by atoms with Gasteiger partial charge in [0, 0.05) is 25.6 Å². The smallest absolute Gasteiger partial charge is 0.139 e. The summed E-state index contributed by atoms with van der Waals surface area (Å²) in [7, 11) is 2.03. The van der Waals surface area contributed by atoms with Crippen LogP contribution in [0.25, 0.3) is 10.9 Å². The van der Waals surface area contributed by atoms with E-state index in [1.165, 1.54) is 5.56 Å². The molecular weight excluding hydrogens is 226 g/mol. The van der Waals surface area contributed by atoms with E-state index in [0.29, 0.717) is 6.61 Å². The van der Waals surface area contributed by atoms with Gasteiger partial charge < -0.3 is 9.64 Å². The number of aromatic nitrogens is 2. The van der Waals surface area contributed by atoms with Crippen LogP contribution in [0.15, 0.2) is 24.5 Å². The molecule has 1 aromatic heterocycles. The Bertz CT molecular complexity index is 522. The highest BCUT2D eigenvalue weighted by Gasteiger charge is 2.10. The van der Waals surface area contributed by atoms with E-state index in [1.807, 2.05) is 26.1 Å². The summed E-state index contributed by atoms with van der Waals surface area (Å²) in [6.07, 6.45) is 1.62. The minimum atomic E-state index is 0.713. The highest BCUT2D eigenvalue weighted by atomic mass is 16.5. The molecule has 0 saturated carbocycles. The Morgan fingerprint density at radius 2 is 2.11 bits per heavy atom. The van der Waals surface area contributed by atoms with E-state index in [1.54, 1.807) is 6.33 Å². The maximum atomic E-state index is 5.38. The van der Waals surface area contributed by atoms with E-state index in [-0.39, 0.29) is 0 Å². The Balaban J connectivity index is 2.32. The van der Waals surface area contributed by atoms with E-state index in [4.69, 9.17) is 4.74 Å². The van der Waals surface area contributed by atoms with Crippen molar-refractivity contribution in [3.63, 3.8) is 0 Å². The molecule has 0 aliphatic carbocycles. The van der Waals surface area contributed by atoms with E-state index >= 15 is 0 Å². The lowest BCUT2D eigenvalue weighted by molar-refractivity contribution is 0.154. The molecule has 4 heteroatoms. The zero-order valence-electron chi connectivity index (χ0n) is 11.2. The van der Waals surface area contributed by atoms with Crippen LogP contribution in [0.5, 0.6) is 0 Å². The highest BCUT2D eigenvalue weighted by molar-refractivity contribution is 5.92. The number of aryl methyl sites for hydroxylation is 1. The summed E-state index contributed by atoms with van der Waals surface area (Å²) >= 11 is 0. The van der Waals surface area contributed by atoms with Gasteiger partial charge in [-0.05, 0) is 25.5 Å². The lowest BCUT2D eigenvalue weighted by Crippen LogP contribution is -2.24. The fourth-order valence-corrected chi connectivity index (χ4v) is 2.00. The molecule has 0 fully saturated rings. The highest BCUT2D eigenvalue weighted by Crippen LogP contribution is 2.24. The van der Waals surface area contributed by atoms with Crippen LogP contribution in [-0.4, -0.2) is 36.8 Å². The molecule has 0 N–H and O–H groups in total. The lowest BCUT2D eigenvalue weighted by atomic mass is 10.1. The van der Waals surface area contributed by atoms with Crippen molar-refractivity contribution in [1.82, 2.24) is 9.97 Å². The molecule has 1 heterocycles. The molecule has 0 unspecified atom stereocenters. The summed E-state index contributed by atoms with van der Waals surface area (Å²) in [4.78, 5) is 10.8. The van der Waals surface area contributed by atoms with Crippen LogP contribution < -0.4 is 4.90 Å². The number of fused-ring (bicyclic) bond motifs is 1. The first-order valence-electron chi connectivity index (χ1n) is 6.23. The molecule has 1 aromatic carbocycles. The van der Waals surface area contributed by atoms with E-state index in [9.17, 15) is 0 Å². The molecule has 2 aromatic rings. The van der Waals surface area contributed by atoms with Gasteiger partial charge in [0.05, 0.1) is 12.1 Å². The maximum Gasteiger partial charge on any atom is 0.139 e. The first-order chi connectivity index (χ1) is 8.74. The minimum absolute atomic E-state index is 0.713. The monoisotopic (exact) mass is 245 g/mol. The second-order valence-corrected chi connectivity index (χ2v) is 4.28. The average molecular weight is 245 g/mol. The molecule has 0 aliphatic rings. The Kier molecular flexibility index (Phi) is 4.10. The fourth-order valence-electron chi connectivity index (χ4n) is 2.00. The van der Waals surface area contributed by atoms with Crippen LogP contribution in [0.4, 0.5) is 5.82 Å². The zero-order valence-corrected chi connectivity index (χ0v) is 11.2. The number of likely N-dealkylation sites (N-methyl/N-ethyl adjacent to an activating group) is 1. The van der Waals surface area contributed by atoms with Gasteiger partial charge in [0.1, 0.15) is 12.1 Å². The van der Waals surface area contributed by atoms with Crippen LogP contribution in [0.1, 0.15) is 12.5 Å². The third-order valence-corrected chi connectivity index (χ3v) is 2.99. The van der Waals surface area contributed by atoms with Gasteiger partial charge in [-0.25, -0.2) is 9.97 Å². The second kappa shape index (κ2) is 5.78. The van der Waals surface area contributed by atoms with Crippen LogP contribution in [0.2, 0.25) is 0 Å². The molecule has 2 rings (SSSR count).